The Morgan fingerprint density at radius 1 is 1.56 bits per heavy atom. The van der Waals surface area contributed by atoms with Crippen molar-refractivity contribution in [1.82, 2.24) is 5.32 Å². The molecule has 2 rings (SSSR count). The highest BCUT2D eigenvalue weighted by molar-refractivity contribution is 7.90. The fourth-order valence-corrected chi connectivity index (χ4v) is 2.43. The molecule has 0 amide bonds. The average molecular weight is 245 g/mol. The number of aliphatic hydroxyl groups is 1. The Bertz CT molecular complexity index is 459. The first-order valence-corrected chi connectivity index (χ1v) is 7.06. The lowest BCUT2D eigenvalue weighted by Crippen LogP contribution is -2.15. The van der Waals surface area contributed by atoms with Crippen LogP contribution in [0, 0.1) is 5.92 Å². The number of sulfone groups is 1. The minimum Gasteiger partial charge on any atom is -0.447 e. The molecule has 2 N–H and O–H groups in total. The summed E-state index contributed by atoms with van der Waals surface area (Å²) < 4.78 is 27.6. The zero-order chi connectivity index (χ0) is 11.8. The topological polar surface area (TPSA) is 79.5 Å². The summed E-state index contributed by atoms with van der Waals surface area (Å²) in [5.41, 5.74) is 0. The molecule has 0 spiro atoms. The first-order valence-electron chi connectivity index (χ1n) is 5.17. The summed E-state index contributed by atoms with van der Waals surface area (Å²) >= 11 is 0. The maximum atomic E-state index is 11.2. The minimum atomic E-state index is -3.33. The molecule has 1 saturated heterocycles. The number of furan rings is 1. The third-order valence-corrected chi connectivity index (χ3v) is 3.75. The molecule has 16 heavy (non-hydrogen) atoms. The first kappa shape index (κ1) is 11.6. The van der Waals surface area contributed by atoms with Gasteiger partial charge < -0.3 is 14.8 Å². The smallest absolute Gasteiger partial charge is 0.218 e. The van der Waals surface area contributed by atoms with Gasteiger partial charge in [-0.1, -0.05) is 0 Å². The zero-order valence-electron chi connectivity index (χ0n) is 9.01. The molecule has 1 aromatic heterocycles. The second-order valence-electron chi connectivity index (χ2n) is 4.13. The summed E-state index contributed by atoms with van der Waals surface area (Å²) in [7, 11) is -3.33. The molecular weight excluding hydrogens is 230 g/mol. The molecule has 0 aliphatic carbocycles. The highest BCUT2D eigenvalue weighted by Crippen LogP contribution is 2.28. The summed E-state index contributed by atoms with van der Waals surface area (Å²) in [4.78, 5) is 0. The van der Waals surface area contributed by atoms with E-state index in [1.165, 1.54) is 12.1 Å². The summed E-state index contributed by atoms with van der Waals surface area (Å²) in [6.45, 7) is 1.61. The molecule has 1 aliphatic rings. The Morgan fingerprint density at radius 3 is 2.81 bits per heavy atom. The molecule has 0 aromatic carbocycles. The monoisotopic (exact) mass is 245 g/mol. The highest BCUT2D eigenvalue weighted by atomic mass is 32.2. The molecule has 2 heterocycles. The highest BCUT2D eigenvalue weighted by Gasteiger charge is 2.27. The quantitative estimate of drug-likeness (QED) is 0.802. The Morgan fingerprint density at radius 2 is 2.31 bits per heavy atom. The second-order valence-corrected chi connectivity index (χ2v) is 6.07. The van der Waals surface area contributed by atoms with E-state index in [0.29, 0.717) is 5.76 Å². The average Bonchev–Trinajstić information content (AvgIpc) is 2.87. The van der Waals surface area contributed by atoms with E-state index in [2.05, 4.69) is 5.32 Å². The molecule has 0 saturated carbocycles. The van der Waals surface area contributed by atoms with Crippen LogP contribution in [0.5, 0.6) is 0 Å². The predicted molar refractivity (Wildman–Crippen MR) is 57.8 cm³/mol. The van der Waals surface area contributed by atoms with E-state index in [1.54, 1.807) is 0 Å². The largest absolute Gasteiger partial charge is 0.447 e. The van der Waals surface area contributed by atoms with Crippen molar-refractivity contribution in [2.75, 3.05) is 19.3 Å². The van der Waals surface area contributed by atoms with Crippen LogP contribution in [0.3, 0.4) is 0 Å². The molecule has 0 bridgehead atoms. The summed E-state index contributed by atoms with van der Waals surface area (Å²) in [5, 5.41) is 13.0. The number of hydrogen-bond donors (Lipinski definition) is 2. The van der Waals surface area contributed by atoms with Crippen molar-refractivity contribution in [1.29, 1.82) is 0 Å². The maximum Gasteiger partial charge on any atom is 0.218 e. The molecule has 2 atom stereocenters. The van der Waals surface area contributed by atoms with Crippen LogP contribution in [0.1, 0.15) is 18.3 Å². The second kappa shape index (κ2) is 4.20. The third kappa shape index (κ3) is 2.28. The van der Waals surface area contributed by atoms with Crippen LogP contribution in [0.25, 0.3) is 0 Å². The summed E-state index contributed by atoms with van der Waals surface area (Å²) in [6.07, 6.45) is 1.22. The van der Waals surface area contributed by atoms with E-state index >= 15 is 0 Å². The Balaban J connectivity index is 2.18. The van der Waals surface area contributed by atoms with Crippen molar-refractivity contribution in [2.45, 2.75) is 17.6 Å². The number of rotatable bonds is 3. The van der Waals surface area contributed by atoms with Gasteiger partial charge in [0.2, 0.25) is 14.9 Å². The molecule has 5 nitrogen and oxygen atoms in total. The van der Waals surface area contributed by atoms with Gasteiger partial charge in [0.25, 0.3) is 0 Å². The van der Waals surface area contributed by atoms with Gasteiger partial charge in [0.15, 0.2) is 0 Å². The van der Waals surface area contributed by atoms with Crippen LogP contribution in [-0.2, 0) is 9.84 Å². The van der Waals surface area contributed by atoms with Crippen molar-refractivity contribution in [2.24, 2.45) is 5.92 Å². The van der Waals surface area contributed by atoms with E-state index < -0.39 is 15.9 Å². The maximum absolute atomic E-state index is 11.2. The standard InChI is InChI=1S/C10H15NO4S/c1-16(13,14)9-3-2-8(15-9)10(12)7-4-5-11-6-7/h2-3,7,10-12H,4-6H2,1H3. The van der Waals surface area contributed by atoms with Gasteiger partial charge in [-0.25, -0.2) is 8.42 Å². The number of aliphatic hydroxyl groups excluding tert-OH is 1. The normalized spacial score (nSPS) is 23.5. The number of hydrogen-bond acceptors (Lipinski definition) is 5. The molecule has 2 unspecified atom stereocenters. The molecule has 6 heteroatoms. The molecule has 1 aliphatic heterocycles. The van der Waals surface area contributed by atoms with Crippen LogP contribution in [0.15, 0.2) is 21.6 Å². The summed E-state index contributed by atoms with van der Waals surface area (Å²) in [6, 6.07) is 2.91. The lowest BCUT2D eigenvalue weighted by molar-refractivity contribution is 0.0904. The van der Waals surface area contributed by atoms with Crippen molar-refractivity contribution in [3.05, 3.63) is 17.9 Å². The van der Waals surface area contributed by atoms with Gasteiger partial charge in [-0.2, -0.15) is 0 Å². The van der Waals surface area contributed by atoms with Crippen LogP contribution < -0.4 is 5.32 Å². The molecule has 1 fully saturated rings. The van der Waals surface area contributed by atoms with Crippen molar-refractivity contribution in [3.8, 4) is 0 Å². The van der Waals surface area contributed by atoms with E-state index in [0.717, 1.165) is 25.8 Å². The van der Waals surface area contributed by atoms with E-state index in [1.807, 2.05) is 0 Å². The van der Waals surface area contributed by atoms with Crippen molar-refractivity contribution >= 4 is 9.84 Å². The number of nitrogens with one attached hydrogen (secondary N) is 1. The van der Waals surface area contributed by atoms with Crippen LogP contribution in [0.4, 0.5) is 0 Å². The SMILES string of the molecule is CS(=O)(=O)c1ccc(C(O)C2CCNC2)o1. The van der Waals surface area contributed by atoms with Gasteiger partial charge in [0.05, 0.1) is 0 Å². The summed E-state index contributed by atoms with van der Waals surface area (Å²) in [5.74, 6) is 0.424. The van der Waals surface area contributed by atoms with Crippen molar-refractivity contribution < 1.29 is 17.9 Å². The van der Waals surface area contributed by atoms with Crippen LogP contribution in [-0.4, -0.2) is 32.9 Å². The predicted octanol–water partition coefficient (Wildman–Crippen LogP) is 0.326. The fraction of sp³-hybridized carbons (Fsp3) is 0.600. The van der Waals surface area contributed by atoms with E-state index in [9.17, 15) is 13.5 Å². The van der Waals surface area contributed by atoms with Gasteiger partial charge in [0, 0.05) is 18.7 Å². The first-order chi connectivity index (χ1) is 7.48. The lowest BCUT2D eigenvalue weighted by atomic mass is 10.00. The zero-order valence-corrected chi connectivity index (χ0v) is 9.83. The molecular formula is C10H15NO4S. The lowest BCUT2D eigenvalue weighted by Gasteiger charge is -2.13. The van der Waals surface area contributed by atoms with Crippen LogP contribution in [0.2, 0.25) is 0 Å². The third-order valence-electron chi connectivity index (χ3n) is 2.80. The van der Waals surface area contributed by atoms with Gasteiger partial charge in [-0.3, -0.25) is 0 Å². The van der Waals surface area contributed by atoms with Crippen LogP contribution >= 0.6 is 0 Å². The Hall–Kier alpha value is -0.850. The Labute approximate surface area is 94.4 Å². The molecule has 0 radical (unpaired) electrons. The molecule has 90 valence electrons. The molecule has 1 aromatic rings. The fourth-order valence-electron chi connectivity index (χ4n) is 1.87. The van der Waals surface area contributed by atoms with Crippen molar-refractivity contribution in [3.63, 3.8) is 0 Å². The van der Waals surface area contributed by atoms with Gasteiger partial charge in [-0.15, -0.1) is 0 Å². The van der Waals surface area contributed by atoms with E-state index in [-0.39, 0.29) is 11.0 Å². The van der Waals surface area contributed by atoms with Gasteiger partial charge in [0.1, 0.15) is 11.9 Å². The minimum absolute atomic E-state index is 0.0903. The van der Waals surface area contributed by atoms with Gasteiger partial charge in [-0.05, 0) is 25.1 Å². The van der Waals surface area contributed by atoms with E-state index in [4.69, 9.17) is 4.42 Å². The van der Waals surface area contributed by atoms with Gasteiger partial charge >= 0.3 is 0 Å². The Kier molecular flexibility index (Phi) is 3.05.